The summed E-state index contributed by atoms with van der Waals surface area (Å²) in [6.07, 6.45) is 2.54. The van der Waals surface area contributed by atoms with E-state index in [4.69, 9.17) is 11.6 Å². The lowest BCUT2D eigenvalue weighted by Crippen LogP contribution is -2.27. The van der Waals surface area contributed by atoms with Crippen LogP contribution in [0.2, 0.25) is 0 Å². The van der Waals surface area contributed by atoms with Crippen LogP contribution in [0.1, 0.15) is 31.8 Å². The molecule has 0 spiro atoms. The Hall–Kier alpha value is -1.36. The van der Waals surface area contributed by atoms with Gasteiger partial charge < -0.3 is 0 Å². The molecule has 0 unspecified atom stereocenters. The van der Waals surface area contributed by atoms with Crippen molar-refractivity contribution in [1.82, 2.24) is 19.3 Å². The maximum absolute atomic E-state index is 12.5. The van der Waals surface area contributed by atoms with Crippen molar-refractivity contribution in [2.45, 2.75) is 39.7 Å². The molecule has 0 fully saturated rings. The highest BCUT2D eigenvalue weighted by Crippen LogP contribution is 2.15. The van der Waals surface area contributed by atoms with Gasteiger partial charge in [0, 0.05) is 25.9 Å². The molecule has 6 heteroatoms. The van der Waals surface area contributed by atoms with Gasteiger partial charge in [0.15, 0.2) is 5.52 Å². The van der Waals surface area contributed by atoms with Crippen LogP contribution in [0, 0.1) is 0 Å². The van der Waals surface area contributed by atoms with Gasteiger partial charge in [-0.15, -0.1) is 11.6 Å². The molecular weight excluding hydrogens is 264 g/mol. The summed E-state index contributed by atoms with van der Waals surface area (Å²) in [5, 5.41) is 4.42. The van der Waals surface area contributed by atoms with Gasteiger partial charge in [0.2, 0.25) is 0 Å². The molecule has 0 saturated carbocycles. The number of aromatic nitrogens is 4. The third-order valence-electron chi connectivity index (χ3n) is 3.20. The third-order valence-corrected chi connectivity index (χ3v) is 3.37. The van der Waals surface area contributed by atoms with Crippen LogP contribution in [0.3, 0.4) is 0 Å². The van der Waals surface area contributed by atoms with Gasteiger partial charge in [-0.05, 0) is 6.42 Å². The SMILES string of the molecule is CCCc1nn(C)c2c(=O)n(CCCl)c(CC)nc12. The molecule has 0 aliphatic rings. The van der Waals surface area contributed by atoms with E-state index in [0.29, 0.717) is 24.4 Å². The molecule has 0 atom stereocenters. The van der Waals surface area contributed by atoms with E-state index in [1.54, 1.807) is 16.3 Å². The third kappa shape index (κ3) is 2.39. The number of alkyl halides is 1. The Labute approximate surface area is 117 Å². The molecule has 2 rings (SSSR count). The Kier molecular flexibility index (Phi) is 4.24. The molecule has 19 heavy (non-hydrogen) atoms. The average Bonchev–Trinajstić information content (AvgIpc) is 2.70. The zero-order valence-electron chi connectivity index (χ0n) is 11.6. The van der Waals surface area contributed by atoms with Gasteiger partial charge >= 0.3 is 0 Å². The van der Waals surface area contributed by atoms with Crippen LogP contribution in [0.4, 0.5) is 0 Å². The van der Waals surface area contributed by atoms with Crippen LogP contribution in [0.25, 0.3) is 11.0 Å². The fourth-order valence-electron chi connectivity index (χ4n) is 2.35. The first-order valence-corrected chi connectivity index (χ1v) is 7.18. The van der Waals surface area contributed by atoms with Crippen molar-refractivity contribution < 1.29 is 0 Å². The molecule has 0 aliphatic heterocycles. The number of hydrogen-bond donors (Lipinski definition) is 0. The van der Waals surface area contributed by atoms with Gasteiger partial charge in [0.05, 0.1) is 5.69 Å². The monoisotopic (exact) mass is 282 g/mol. The summed E-state index contributed by atoms with van der Waals surface area (Å²) in [5.74, 6) is 1.18. The average molecular weight is 283 g/mol. The van der Waals surface area contributed by atoms with Gasteiger partial charge in [-0.1, -0.05) is 20.3 Å². The Balaban J connectivity index is 2.77. The topological polar surface area (TPSA) is 52.7 Å². The predicted molar refractivity (Wildman–Crippen MR) is 76.9 cm³/mol. The van der Waals surface area contributed by atoms with Gasteiger partial charge in [0.25, 0.3) is 5.56 Å². The minimum Gasteiger partial charge on any atom is -0.294 e. The van der Waals surface area contributed by atoms with Crippen molar-refractivity contribution in [3.63, 3.8) is 0 Å². The lowest BCUT2D eigenvalue weighted by atomic mass is 10.2. The van der Waals surface area contributed by atoms with E-state index in [1.165, 1.54) is 0 Å². The lowest BCUT2D eigenvalue weighted by Gasteiger charge is -2.09. The van der Waals surface area contributed by atoms with Crippen molar-refractivity contribution in [2.75, 3.05) is 5.88 Å². The van der Waals surface area contributed by atoms with Crippen molar-refractivity contribution in [1.29, 1.82) is 0 Å². The molecule has 0 aliphatic carbocycles. The van der Waals surface area contributed by atoms with E-state index in [2.05, 4.69) is 17.0 Å². The van der Waals surface area contributed by atoms with E-state index >= 15 is 0 Å². The van der Waals surface area contributed by atoms with Crippen molar-refractivity contribution in [2.24, 2.45) is 7.05 Å². The van der Waals surface area contributed by atoms with Crippen molar-refractivity contribution in [3.05, 3.63) is 21.9 Å². The Morgan fingerprint density at radius 3 is 2.63 bits per heavy atom. The molecule has 0 radical (unpaired) electrons. The van der Waals surface area contributed by atoms with Crippen LogP contribution >= 0.6 is 11.6 Å². The molecule has 2 aromatic rings. The molecule has 0 bridgehead atoms. The summed E-state index contributed by atoms with van der Waals surface area (Å²) in [6, 6.07) is 0. The molecular formula is C13H19ClN4O. The number of hydrogen-bond acceptors (Lipinski definition) is 3. The maximum atomic E-state index is 12.5. The smallest absolute Gasteiger partial charge is 0.279 e. The molecule has 0 amide bonds. The summed E-state index contributed by atoms with van der Waals surface area (Å²) in [4.78, 5) is 17.2. The fraction of sp³-hybridized carbons (Fsp3) is 0.615. The van der Waals surface area contributed by atoms with Crippen molar-refractivity contribution >= 4 is 22.6 Å². The summed E-state index contributed by atoms with van der Waals surface area (Å²) in [5.41, 5.74) is 2.19. The summed E-state index contributed by atoms with van der Waals surface area (Å²) in [7, 11) is 1.79. The van der Waals surface area contributed by atoms with Crippen LogP contribution in [0.15, 0.2) is 4.79 Å². The van der Waals surface area contributed by atoms with Crippen LogP contribution in [-0.4, -0.2) is 25.2 Å². The predicted octanol–water partition coefficient (Wildman–Crippen LogP) is 1.88. The maximum Gasteiger partial charge on any atom is 0.279 e. The van der Waals surface area contributed by atoms with Gasteiger partial charge in [-0.25, -0.2) is 4.98 Å². The summed E-state index contributed by atoms with van der Waals surface area (Å²) >= 11 is 5.77. The largest absolute Gasteiger partial charge is 0.294 e. The second-order valence-electron chi connectivity index (χ2n) is 4.54. The normalized spacial score (nSPS) is 11.4. The first kappa shape index (κ1) is 14.1. The molecule has 5 nitrogen and oxygen atoms in total. The Bertz CT molecular complexity index is 644. The molecule has 104 valence electrons. The fourth-order valence-corrected chi connectivity index (χ4v) is 2.52. The van der Waals surface area contributed by atoms with Gasteiger partial charge in [-0.3, -0.25) is 14.0 Å². The molecule has 0 saturated heterocycles. The minimum atomic E-state index is -0.0418. The molecule has 2 heterocycles. The van der Waals surface area contributed by atoms with Crippen LogP contribution in [-0.2, 0) is 26.4 Å². The number of halogens is 1. The first-order valence-electron chi connectivity index (χ1n) is 6.65. The van der Waals surface area contributed by atoms with Crippen molar-refractivity contribution in [3.8, 4) is 0 Å². The van der Waals surface area contributed by atoms with E-state index in [1.807, 2.05) is 6.92 Å². The summed E-state index contributed by atoms with van der Waals surface area (Å²) in [6.45, 7) is 4.57. The first-order chi connectivity index (χ1) is 9.13. The van der Waals surface area contributed by atoms with E-state index in [-0.39, 0.29) is 5.56 Å². The highest BCUT2D eigenvalue weighted by Gasteiger charge is 2.17. The zero-order chi connectivity index (χ0) is 14.0. The highest BCUT2D eigenvalue weighted by atomic mass is 35.5. The standard InChI is InChI=1S/C13H19ClN4O/c1-4-6-9-11-12(17(3)16-9)13(19)18(8-7-14)10(5-2)15-11/h4-8H2,1-3H3. The number of rotatable bonds is 5. The minimum absolute atomic E-state index is 0.0418. The van der Waals surface area contributed by atoms with Gasteiger partial charge in [-0.2, -0.15) is 5.10 Å². The number of fused-ring (bicyclic) bond motifs is 1. The quantitative estimate of drug-likeness (QED) is 0.787. The highest BCUT2D eigenvalue weighted by molar-refractivity contribution is 6.17. The van der Waals surface area contributed by atoms with E-state index in [0.717, 1.165) is 29.9 Å². The van der Waals surface area contributed by atoms with Crippen LogP contribution < -0.4 is 5.56 Å². The zero-order valence-corrected chi connectivity index (χ0v) is 12.4. The summed E-state index contributed by atoms with van der Waals surface area (Å²) < 4.78 is 3.30. The van der Waals surface area contributed by atoms with Crippen LogP contribution in [0.5, 0.6) is 0 Å². The Morgan fingerprint density at radius 2 is 2.05 bits per heavy atom. The van der Waals surface area contributed by atoms with Gasteiger partial charge in [0.1, 0.15) is 11.3 Å². The molecule has 2 aromatic heterocycles. The van der Waals surface area contributed by atoms with E-state index < -0.39 is 0 Å². The molecule has 0 N–H and O–H groups in total. The second-order valence-corrected chi connectivity index (χ2v) is 4.92. The van der Waals surface area contributed by atoms with E-state index in [9.17, 15) is 4.79 Å². The number of nitrogens with zero attached hydrogens (tertiary/aromatic N) is 4. The molecule has 0 aromatic carbocycles. The second kappa shape index (κ2) is 5.74. The number of aryl methyl sites for hydroxylation is 3. The Morgan fingerprint density at radius 1 is 1.32 bits per heavy atom. The lowest BCUT2D eigenvalue weighted by molar-refractivity contribution is 0.659.